The van der Waals surface area contributed by atoms with Gasteiger partial charge in [0.2, 0.25) is 0 Å². The quantitative estimate of drug-likeness (QED) is 0.564. The molecule has 1 rings (SSSR count). The molecule has 0 spiro atoms. The number of aromatic nitrogens is 1. The molecule has 1 aromatic rings. The maximum Gasteiger partial charge on any atom is 0.0361 e. The van der Waals surface area contributed by atoms with Crippen LogP contribution in [0.2, 0.25) is 0 Å². The molecule has 2 heteroatoms. The molecule has 1 heterocycles. The van der Waals surface area contributed by atoms with Gasteiger partial charge in [0.05, 0.1) is 0 Å². The summed E-state index contributed by atoms with van der Waals surface area (Å²) >= 11 is 0. The molecule has 0 saturated carbocycles. The average molecular weight is 123 g/mol. The van der Waals surface area contributed by atoms with Crippen LogP contribution in [0.3, 0.4) is 0 Å². The van der Waals surface area contributed by atoms with Crippen molar-refractivity contribution in [1.29, 1.82) is 0 Å². The Morgan fingerprint density at radius 3 is 2.56 bits per heavy atom. The summed E-state index contributed by atoms with van der Waals surface area (Å²) in [6.45, 7) is 1.91. The van der Waals surface area contributed by atoms with E-state index in [9.17, 15) is 0 Å². The average Bonchev–Trinajstić information content (AvgIpc) is 2.34. The van der Waals surface area contributed by atoms with E-state index in [4.69, 9.17) is 0 Å². The smallest absolute Gasteiger partial charge is 0.0361 e. The van der Waals surface area contributed by atoms with E-state index in [-0.39, 0.29) is 0 Å². The minimum atomic E-state index is 0.911. The summed E-state index contributed by atoms with van der Waals surface area (Å²) in [5.41, 5.74) is 0. The van der Waals surface area contributed by atoms with E-state index >= 15 is 0 Å². The van der Waals surface area contributed by atoms with E-state index in [1.807, 2.05) is 31.6 Å². The fraction of sp³-hybridized carbons (Fsp3) is 0.429. The fourth-order valence-electron chi connectivity index (χ4n) is 0.735. The van der Waals surface area contributed by atoms with Crippen LogP contribution in [0.15, 0.2) is 24.5 Å². The predicted molar refractivity (Wildman–Crippen MR) is 37.4 cm³/mol. The third-order valence-electron chi connectivity index (χ3n) is 1.25. The summed E-state index contributed by atoms with van der Waals surface area (Å²) in [5.74, 6) is 0. The molecule has 0 aliphatic rings. The van der Waals surface area contributed by atoms with Gasteiger partial charge in [-0.05, 0) is 12.1 Å². The Kier molecular flexibility index (Phi) is 2.33. The lowest BCUT2D eigenvalue weighted by Crippen LogP contribution is -2.07. The molecule has 0 unspecified atom stereocenters. The molecule has 1 radical (unpaired) electrons. The van der Waals surface area contributed by atoms with Crippen LogP contribution in [-0.4, -0.2) is 18.2 Å². The highest BCUT2D eigenvalue weighted by Crippen LogP contribution is 1.87. The maximum absolute atomic E-state index is 3.99. The van der Waals surface area contributed by atoms with Gasteiger partial charge in [-0.2, -0.15) is 0 Å². The number of hydrogen-bond acceptors (Lipinski definition) is 0. The molecule has 0 fully saturated rings. The van der Waals surface area contributed by atoms with Gasteiger partial charge in [0, 0.05) is 32.5 Å². The van der Waals surface area contributed by atoms with Crippen LogP contribution < -0.4 is 5.32 Å². The molecule has 0 saturated heterocycles. The highest BCUT2D eigenvalue weighted by Gasteiger charge is 1.84. The van der Waals surface area contributed by atoms with Gasteiger partial charge < -0.3 is 4.57 Å². The Hall–Kier alpha value is -0.760. The molecule has 0 aliphatic heterocycles. The zero-order valence-electron chi connectivity index (χ0n) is 5.62. The zero-order valence-corrected chi connectivity index (χ0v) is 5.62. The van der Waals surface area contributed by atoms with Crippen LogP contribution in [0.25, 0.3) is 0 Å². The van der Waals surface area contributed by atoms with Gasteiger partial charge in [-0.1, -0.05) is 0 Å². The van der Waals surface area contributed by atoms with Crippen molar-refractivity contribution in [2.75, 3.05) is 13.6 Å². The largest absolute Gasteiger partial charge is 0.353 e. The summed E-state index contributed by atoms with van der Waals surface area (Å²) < 4.78 is 2.12. The monoisotopic (exact) mass is 123 g/mol. The Morgan fingerprint density at radius 2 is 2.00 bits per heavy atom. The van der Waals surface area contributed by atoms with Crippen molar-refractivity contribution < 1.29 is 0 Å². The molecular weight excluding hydrogens is 112 g/mol. The second-order valence-corrected chi connectivity index (χ2v) is 1.96. The molecule has 0 N–H and O–H groups in total. The molecule has 0 atom stereocenters. The summed E-state index contributed by atoms with van der Waals surface area (Å²) in [4.78, 5) is 0. The summed E-state index contributed by atoms with van der Waals surface area (Å²) in [6.07, 6.45) is 4.09. The third kappa shape index (κ3) is 1.90. The van der Waals surface area contributed by atoms with Gasteiger partial charge in [0.15, 0.2) is 0 Å². The first-order chi connectivity index (χ1) is 4.43. The SMILES string of the molecule is C[N]CCn1cccc1. The highest BCUT2D eigenvalue weighted by molar-refractivity contribution is 4.90. The van der Waals surface area contributed by atoms with Crippen molar-refractivity contribution >= 4 is 0 Å². The standard InChI is InChI=1S/C7H11N2/c1-8-4-7-9-5-2-3-6-9/h2-3,5-6H,4,7H2,1H3. The summed E-state index contributed by atoms with van der Waals surface area (Å²) in [7, 11) is 1.84. The van der Waals surface area contributed by atoms with Gasteiger partial charge in [-0.25, -0.2) is 5.32 Å². The topological polar surface area (TPSA) is 19.0 Å². The van der Waals surface area contributed by atoms with Crippen molar-refractivity contribution in [3.8, 4) is 0 Å². The van der Waals surface area contributed by atoms with Crippen molar-refractivity contribution in [2.45, 2.75) is 6.54 Å². The van der Waals surface area contributed by atoms with Gasteiger partial charge >= 0.3 is 0 Å². The van der Waals surface area contributed by atoms with E-state index in [0.29, 0.717) is 0 Å². The number of rotatable bonds is 3. The minimum Gasteiger partial charge on any atom is -0.353 e. The lowest BCUT2D eigenvalue weighted by molar-refractivity contribution is 0.640. The fourth-order valence-corrected chi connectivity index (χ4v) is 0.735. The number of likely N-dealkylation sites (N-methyl/N-ethyl adjacent to an activating group) is 1. The molecular formula is C7H11N2. The van der Waals surface area contributed by atoms with Gasteiger partial charge in [0.1, 0.15) is 0 Å². The first-order valence-electron chi connectivity index (χ1n) is 3.10. The van der Waals surface area contributed by atoms with Gasteiger partial charge in [-0.3, -0.25) is 0 Å². The Labute approximate surface area is 55.5 Å². The lowest BCUT2D eigenvalue weighted by Gasteiger charge is -1.97. The van der Waals surface area contributed by atoms with Crippen molar-refractivity contribution in [3.63, 3.8) is 0 Å². The zero-order chi connectivity index (χ0) is 6.53. The van der Waals surface area contributed by atoms with Crippen molar-refractivity contribution in [3.05, 3.63) is 24.5 Å². The maximum atomic E-state index is 3.99. The third-order valence-corrected chi connectivity index (χ3v) is 1.25. The molecule has 49 valence electrons. The van der Waals surface area contributed by atoms with Crippen LogP contribution >= 0.6 is 0 Å². The van der Waals surface area contributed by atoms with Crippen LogP contribution in [0.4, 0.5) is 0 Å². The molecule has 2 nitrogen and oxygen atoms in total. The van der Waals surface area contributed by atoms with Crippen molar-refractivity contribution in [1.82, 2.24) is 9.88 Å². The van der Waals surface area contributed by atoms with Gasteiger partial charge in [-0.15, -0.1) is 0 Å². The predicted octanol–water partition coefficient (Wildman–Crippen LogP) is 0.722. The van der Waals surface area contributed by atoms with E-state index in [1.165, 1.54) is 0 Å². The van der Waals surface area contributed by atoms with Crippen molar-refractivity contribution in [2.24, 2.45) is 0 Å². The van der Waals surface area contributed by atoms with Crippen LogP contribution in [0.5, 0.6) is 0 Å². The number of hydrogen-bond donors (Lipinski definition) is 0. The summed E-state index contributed by atoms with van der Waals surface area (Å²) in [6, 6.07) is 4.05. The molecule has 1 aromatic heterocycles. The molecule has 9 heavy (non-hydrogen) atoms. The van der Waals surface area contributed by atoms with Gasteiger partial charge in [0.25, 0.3) is 0 Å². The second-order valence-electron chi connectivity index (χ2n) is 1.96. The molecule has 0 aromatic carbocycles. The van der Waals surface area contributed by atoms with Crippen LogP contribution in [0, 0.1) is 0 Å². The first kappa shape index (κ1) is 6.36. The highest BCUT2D eigenvalue weighted by atomic mass is 15.0. The molecule has 0 amide bonds. The van der Waals surface area contributed by atoms with Crippen LogP contribution in [-0.2, 0) is 6.54 Å². The Bertz CT molecular complexity index is 144. The first-order valence-corrected chi connectivity index (χ1v) is 3.10. The van der Waals surface area contributed by atoms with E-state index in [1.54, 1.807) is 0 Å². The molecule has 0 bridgehead atoms. The Balaban J connectivity index is 2.30. The Morgan fingerprint density at radius 1 is 1.33 bits per heavy atom. The van der Waals surface area contributed by atoms with Crippen LogP contribution in [0.1, 0.15) is 0 Å². The molecule has 0 aliphatic carbocycles. The lowest BCUT2D eigenvalue weighted by atomic mass is 10.6. The summed E-state index contributed by atoms with van der Waals surface area (Å²) in [5, 5.41) is 3.99. The number of nitrogens with zero attached hydrogens (tertiary/aromatic N) is 2. The van der Waals surface area contributed by atoms with E-state index < -0.39 is 0 Å². The van der Waals surface area contributed by atoms with E-state index in [2.05, 4.69) is 9.88 Å². The van der Waals surface area contributed by atoms with E-state index in [0.717, 1.165) is 13.1 Å². The normalized spacial score (nSPS) is 9.89. The minimum absolute atomic E-state index is 0.911. The second kappa shape index (κ2) is 3.30.